The highest BCUT2D eigenvalue weighted by Crippen LogP contribution is 2.43. The molecule has 1 N–H and O–H groups in total. The summed E-state index contributed by atoms with van der Waals surface area (Å²) >= 11 is 3.52. The van der Waals surface area contributed by atoms with E-state index >= 15 is 0 Å². The Kier molecular flexibility index (Phi) is 23.9. The molecule has 2 aromatic rings. The third-order valence-electron chi connectivity index (χ3n) is 12.8. The van der Waals surface area contributed by atoms with Gasteiger partial charge in [-0.25, -0.2) is 4.79 Å². The Balaban J connectivity index is 0.000000365. The van der Waals surface area contributed by atoms with Crippen LogP contribution < -0.4 is 10.2 Å². The molecule has 4 atom stereocenters. The first kappa shape index (κ1) is 55.8. The Morgan fingerprint density at radius 2 is 1.16 bits per heavy atom. The lowest BCUT2D eigenvalue weighted by molar-refractivity contribution is -0.145. The van der Waals surface area contributed by atoms with Crippen molar-refractivity contribution in [2.75, 3.05) is 24.7 Å². The van der Waals surface area contributed by atoms with E-state index in [4.69, 9.17) is 18.3 Å². The topological polar surface area (TPSA) is 103 Å². The van der Waals surface area contributed by atoms with Gasteiger partial charge in [0.05, 0.1) is 25.4 Å². The van der Waals surface area contributed by atoms with Gasteiger partial charge < -0.3 is 23.6 Å². The summed E-state index contributed by atoms with van der Waals surface area (Å²) in [6, 6.07) is 16.1. The maximum Gasteiger partial charge on any atom is 0.329 e. The molecule has 352 valence electrons. The van der Waals surface area contributed by atoms with Gasteiger partial charge in [-0.05, 0) is 124 Å². The number of carbonyl (C=O) groups excluding carboxylic acids is 3. The van der Waals surface area contributed by atoms with E-state index in [1.54, 1.807) is 11.8 Å². The van der Waals surface area contributed by atoms with Crippen molar-refractivity contribution in [2.24, 2.45) is 0 Å². The van der Waals surface area contributed by atoms with Crippen molar-refractivity contribution in [3.8, 4) is 0 Å². The van der Waals surface area contributed by atoms with E-state index < -0.39 is 22.7 Å². The molecule has 2 heterocycles. The summed E-state index contributed by atoms with van der Waals surface area (Å²) in [6.45, 7) is 32.8. The van der Waals surface area contributed by atoms with E-state index in [-0.39, 0.29) is 46.2 Å². The number of unbranched alkanes of at least 4 members (excludes halogenated alkanes) is 4. The molecule has 0 unspecified atom stereocenters. The van der Waals surface area contributed by atoms with E-state index in [0.717, 1.165) is 54.4 Å². The number of hydrogen-bond acceptors (Lipinski definition) is 8. The lowest BCUT2D eigenvalue weighted by Crippen LogP contribution is -2.42. The first-order valence-electron chi connectivity index (χ1n) is 23.6. The zero-order valence-corrected chi connectivity index (χ0v) is 44.8. The normalized spacial score (nSPS) is 18.0. The Bertz CT molecular complexity index is 1620. The van der Waals surface area contributed by atoms with Crippen molar-refractivity contribution >= 4 is 56.1 Å². The average Bonchev–Trinajstić information content (AvgIpc) is 3.88. The predicted molar refractivity (Wildman–Crippen MR) is 266 cm³/mol. The monoisotopic (exact) mass is 961 g/mol. The second-order valence-corrected chi connectivity index (χ2v) is 30.3. The smallest absolute Gasteiger partial charge is 0.329 e. The van der Waals surface area contributed by atoms with Crippen LogP contribution in [0.5, 0.6) is 0 Å². The van der Waals surface area contributed by atoms with Gasteiger partial charge in [0.1, 0.15) is 12.1 Å². The van der Waals surface area contributed by atoms with Crippen LogP contribution in [0.1, 0.15) is 170 Å². The minimum atomic E-state index is -1.92. The fourth-order valence-corrected chi connectivity index (χ4v) is 9.84. The van der Waals surface area contributed by atoms with E-state index in [2.05, 4.69) is 139 Å². The average molecular weight is 962 g/mol. The first-order chi connectivity index (χ1) is 29.0. The van der Waals surface area contributed by atoms with Crippen LogP contribution in [-0.2, 0) is 32.7 Å². The van der Waals surface area contributed by atoms with Crippen LogP contribution in [0.25, 0.3) is 0 Å². The van der Waals surface area contributed by atoms with Crippen molar-refractivity contribution in [3.63, 3.8) is 0 Å². The third-order valence-corrected chi connectivity index (χ3v) is 22.3. The highest BCUT2D eigenvalue weighted by molar-refractivity contribution is 9.10. The van der Waals surface area contributed by atoms with Crippen molar-refractivity contribution in [3.05, 3.63) is 64.1 Å². The maximum absolute atomic E-state index is 12.5. The second-order valence-electron chi connectivity index (χ2n) is 19.8. The fourth-order valence-electron chi connectivity index (χ4n) is 6.94. The van der Waals surface area contributed by atoms with Crippen molar-refractivity contribution < 1.29 is 32.7 Å². The molecule has 0 spiro atoms. The number of esters is 2. The lowest BCUT2D eigenvalue weighted by atomic mass is 10.0. The van der Waals surface area contributed by atoms with Gasteiger partial charge in [-0.3, -0.25) is 14.5 Å². The number of nitrogens with zero attached hydrogens (tertiary/aromatic N) is 1. The number of anilines is 1. The Labute approximate surface area is 387 Å². The summed E-state index contributed by atoms with van der Waals surface area (Å²) in [5.74, 6) is -0.445. The summed E-state index contributed by atoms with van der Waals surface area (Å²) in [5.41, 5.74) is 3.21. The molecular weight excluding hydrogens is 877 g/mol. The van der Waals surface area contributed by atoms with Crippen LogP contribution in [0.4, 0.5) is 5.69 Å². The maximum atomic E-state index is 12.5. The second kappa shape index (κ2) is 26.6. The molecule has 62 heavy (non-hydrogen) atoms. The quantitative estimate of drug-likeness (QED) is 0.0844. The number of amides is 1. The molecule has 0 aliphatic carbocycles. The van der Waals surface area contributed by atoms with Crippen LogP contribution in [-0.4, -0.2) is 66.3 Å². The lowest BCUT2D eigenvalue weighted by Gasteiger charge is -2.39. The molecule has 2 saturated heterocycles. The number of benzene rings is 2. The van der Waals surface area contributed by atoms with Crippen molar-refractivity contribution in [1.29, 1.82) is 0 Å². The number of carbonyl (C=O) groups is 3. The van der Waals surface area contributed by atoms with Crippen LogP contribution in [0.3, 0.4) is 0 Å². The summed E-state index contributed by atoms with van der Waals surface area (Å²) < 4.78 is 24.6. The van der Waals surface area contributed by atoms with Gasteiger partial charge in [0.2, 0.25) is 5.91 Å². The molecule has 2 fully saturated rings. The Morgan fingerprint density at radius 3 is 1.56 bits per heavy atom. The zero-order valence-electron chi connectivity index (χ0n) is 41.2. The molecule has 9 nitrogen and oxygen atoms in total. The molecule has 0 bridgehead atoms. The van der Waals surface area contributed by atoms with E-state index in [0.29, 0.717) is 26.1 Å². The van der Waals surface area contributed by atoms with Gasteiger partial charge in [-0.15, -0.1) is 0 Å². The van der Waals surface area contributed by atoms with Crippen molar-refractivity contribution in [1.82, 2.24) is 5.32 Å². The molecule has 4 rings (SSSR count). The van der Waals surface area contributed by atoms with Gasteiger partial charge in [-0.2, -0.15) is 0 Å². The van der Waals surface area contributed by atoms with Crippen LogP contribution >= 0.6 is 15.9 Å². The molecule has 0 aromatic heterocycles. The molecular formula is C50H85BrN2O7Si2. The number of halogens is 1. The third kappa shape index (κ3) is 17.9. The largest absolute Gasteiger partial charge is 0.465 e. The molecule has 2 aliphatic rings. The number of ether oxygens (including phenoxy) is 2. The molecule has 1 amide bonds. The SMILES string of the molecule is CCCCC[C@H](O[Si](C)(C)C(C)(C)C)c1ccc(Br)cc1.CCCCC[C@H](O[Si](C)(C)C(C)(C)C)c1ccc(N2C(=O)CC[C@@H]2C(=O)OCC)cc1.CCOC(=O)[C@H]1CCCN1. The highest BCUT2D eigenvalue weighted by atomic mass is 79.9. The highest BCUT2D eigenvalue weighted by Gasteiger charge is 2.41. The summed E-state index contributed by atoms with van der Waals surface area (Å²) in [5, 5.41) is 3.47. The molecule has 12 heteroatoms. The van der Waals surface area contributed by atoms with E-state index in [9.17, 15) is 14.4 Å². The first-order valence-corrected chi connectivity index (χ1v) is 30.2. The Hall–Kier alpha value is -2.36. The molecule has 2 aliphatic heterocycles. The van der Waals surface area contributed by atoms with Crippen LogP contribution in [0.15, 0.2) is 53.0 Å². The number of hydrogen-bond donors (Lipinski definition) is 1. The summed E-state index contributed by atoms with van der Waals surface area (Å²) in [6.07, 6.45) is 12.6. The fraction of sp³-hybridized carbons (Fsp3) is 0.700. The van der Waals surface area contributed by atoms with Gasteiger partial charge in [0.15, 0.2) is 16.6 Å². The molecule has 2 aromatic carbocycles. The minimum absolute atomic E-state index is 0.0252. The number of rotatable bonds is 19. The van der Waals surface area contributed by atoms with Gasteiger partial charge in [0, 0.05) is 16.6 Å². The van der Waals surface area contributed by atoms with Gasteiger partial charge in [0.25, 0.3) is 0 Å². The van der Waals surface area contributed by atoms with Gasteiger partial charge in [-0.1, -0.05) is 134 Å². The Morgan fingerprint density at radius 1 is 0.710 bits per heavy atom. The molecule has 0 saturated carbocycles. The standard InChI is InChI=1S/C25H41NO4Si.C18H31BrOSi.C7H13NO2/c1-8-10-11-12-22(30-31(6,7)25(3,4)5)19-13-15-20(16-14-19)26-21(17-18-23(26)27)24(28)29-9-2;1-7-8-9-10-17(15-11-13-16(19)14-12-15)20-21(5,6)18(2,3)4;1-2-10-7(9)6-4-3-5-8-6/h13-16,21-22H,8-12,17-18H2,1-7H3;11-14,17H,7-10H2,1-6H3;6,8H,2-5H2,1H3/t21-,22+;17-;6-/m101/s1. The van der Waals surface area contributed by atoms with E-state index in [1.807, 2.05) is 19.1 Å². The summed E-state index contributed by atoms with van der Waals surface area (Å²) in [7, 11) is -3.66. The van der Waals surface area contributed by atoms with E-state index in [1.165, 1.54) is 37.7 Å². The summed E-state index contributed by atoms with van der Waals surface area (Å²) in [4.78, 5) is 37.4. The predicted octanol–water partition coefficient (Wildman–Crippen LogP) is 13.8. The number of nitrogens with one attached hydrogen (secondary N) is 1. The zero-order chi connectivity index (χ0) is 46.7. The minimum Gasteiger partial charge on any atom is -0.465 e. The van der Waals surface area contributed by atoms with Gasteiger partial charge >= 0.3 is 11.9 Å². The van der Waals surface area contributed by atoms with Crippen molar-refractivity contribution in [2.45, 2.75) is 207 Å². The van der Waals surface area contributed by atoms with Crippen LogP contribution in [0, 0.1) is 0 Å². The van der Waals surface area contributed by atoms with Crippen LogP contribution in [0.2, 0.25) is 36.3 Å². The molecule has 0 radical (unpaired) electrons.